The summed E-state index contributed by atoms with van der Waals surface area (Å²) >= 11 is 9.05. The highest BCUT2D eigenvalue weighted by Gasteiger charge is 2.21. The van der Waals surface area contributed by atoms with Gasteiger partial charge in [-0.05, 0) is 31.0 Å². The Balaban J connectivity index is 3.02. The number of alkyl halides is 1. The van der Waals surface area contributed by atoms with Crippen molar-refractivity contribution in [1.82, 2.24) is 4.72 Å². The minimum Gasteiger partial charge on any atom is -0.208 e. The van der Waals surface area contributed by atoms with Crippen LogP contribution in [0.2, 0.25) is 5.02 Å². The van der Waals surface area contributed by atoms with E-state index in [-0.39, 0.29) is 16.0 Å². The Morgan fingerprint density at radius 2 is 2.17 bits per heavy atom. The molecule has 0 radical (unpaired) electrons. The SMILES string of the molecule is CCC(CCBr)NS(=O)(=O)c1cc(F)ccc1Cl. The molecular weight excluding hydrogens is 345 g/mol. The third-order valence-corrected chi connectivity index (χ3v) is 4.91. The third-order valence-electron chi connectivity index (χ3n) is 2.45. The number of nitrogens with one attached hydrogen (secondary N) is 1. The quantitative estimate of drug-likeness (QED) is 0.793. The average Bonchev–Trinajstić information content (AvgIpc) is 2.31. The molecule has 7 heteroatoms. The van der Waals surface area contributed by atoms with Crippen LogP contribution in [0.25, 0.3) is 0 Å². The van der Waals surface area contributed by atoms with E-state index in [2.05, 4.69) is 20.7 Å². The van der Waals surface area contributed by atoms with Gasteiger partial charge in [0, 0.05) is 11.4 Å². The number of hydrogen-bond donors (Lipinski definition) is 1. The van der Waals surface area contributed by atoms with E-state index in [4.69, 9.17) is 11.6 Å². The predicted octanol–water partition coefficient (Wildman–Crippen LogP) is 3.32. The Kier molecular flexibility index (Phi) is 6.04. The summed E-state index contributed by atoms with van der Waals surface area (Å²) in [5.41, 5.74) is 0. The van der Waals surface area contributed by atoms with Crippen molar-refractivity contribution >= 4 is 37.6 Å². The zero-order valence-electron chi connectivity index (χ0n) is 9.79. The second-order valence-electron chi connectivity index (χ2n) is 3.78. The van der Waals surface area contributed by atoms with Gasteiger partial charge in [0.05, 0.1) is 5.02 Å². The van der Waals surface area contributed by atoms with Crippen LogP contribution in [0, 0.1) is 5.82 Å². The van der Waals surface area contributed by atoms with Crippen LogP contribution in [0.3, 0.4) is 0 Å². The van der Waals surface area contributed by atoms with Crippen molar-refractivity contribution in [2.24, 2.45) is 0 Å². The van der Waals surface area contributed by atoms with Gasteiger partial charge in [0.1, 0.15) is 10.7 Å². The lowest BCUT2D eigenvalue weighted by atomic mass is 10.2. The molecule has 0 aliphatic carbocycles. The smallest absolute Gasteiger partial charge is 0.208 e. The fourth-order valence-corrected chi connectivity index (χ4v) is 3.86. The van der Waals surface area contributed by atoms with E-state index in [0.717, 1.165) is 12.1 Å². The van der Waals surface area contributed by atoms with Crippen LogP contribution < -0.4 is 4.72 Å². The van der Waals surface area contributed by atoms with E-state index in [9.17, 15) is 12.8 Å². The molecule has 1 rings (SSSR count). The molecule has 1 aromatic rings. The van der Waals surface area contributed by atoms with Crippen LogP contribution in [0.4, 0.5) is 4.39 Å². The van der Waals surface area contributed by atoms with Crippen LogP contribution in [0.15, 0.2) is 23.1 Å². The van der Waals surface area contributed by atoms with Crippen molar-refractivity contribution in [3.8, 4) is 0 Å². The zero-order chi connectivity index (χ0) is 13.8. The van der Waals surface area contributed by atoms with E-state index in [1.807, 2.05) is 6.92 Å². The Hall–Kier alpha value is -0.170. The fourth-order valence-electron chi connectivity index (χ4n) is 1.44. The van der Waals surface area contributed by atoms with Gasteiger partial charge in [-0.15, -0.1) is 0 Å². The highest BCUT2D eigenvalue weighted by atomic mass is 79.9. The van der Waals surface area contributed by atoms with Gasteiger partial charge >= 0.3 is 0 Å². The molecule has 18 heavy (non-hydrogen) atoms. The predicted molar refractivity (Wildman–Crippen MR) is 74.2 cm³/mol. The van der Waals surface area contributed by atoms with Gasteiger partial charge in [0.2, 0.25) is 10.0 Å². The number of sulfonamides is 1. The lowest BCUT2D eigenvalue weighted by Crippen LogP contribution is -2.34. The van der Waals surface area contributed by atoms with Crippen molar-refractivity contribution < 1.29 is 12.8 Å². The second kappa shape index (κ2) is 6.84. The molecule has 0 saturated carbocycles. The van der Waals surface area contributed by atoms with E-state index in [1.165, 1.54) is 6.07 Å². The molecule has 0 aromatic heterocycles. The standard InChI is InChI=1S/C11H14BrClFNO2S/c1-2-9(5-6-12)15-18(16,17)11-7-8(14)3-4-10(11)13/h3-4,7,9,15H,2,5-6H2,1H3. The number of halogens is 3. The second-order valence-corrected chi connectivity index (χ2v) is 6.66. The van der Waals surface area contributed by atoms with Gasteiger partial charge in [0.25, 0.3) is 0 Å². The van der Waals surface area contributed by atoms with Gasteiger partial charge in [-0.1, -0.05) is 34.5 Å². The minimum absolute atomic E-state index is 0.0117. The molecule has 0 aliphatic heterocycles. The first-order valence-electron chi connectivity index (χ1n) is 5.44. The molecule has 1 atom stereocenters. The van der Waals surface area contributed by atoms with Crippen molar-refractivity contribution in [2.75, 3.05) is 5.33 Å². The number of benzene rings is 1. The zero-order valence-corrected chi connectivity index (χ0v) is 12.9. The summed E-state index contributed by atoms with van der Waals surface area (Å²) in [5, 5.41) is 0.697. The summed E-state index contributed by atoms with van der Waals surface area (Å²) in [5.74, 6) is -0.631. The molecule has 1 N–H and O–H groups in total. The molecule has 0 spiro atoms. The Morgan fingerprint density at radius 1 is 1.50 bits per heavy atom. The molecule has 102 valence electrons. The first-order valence-corrected chi connectivity index (χ1v) is 8.42. The first kappa shape index (κ1) is 15.9. The van der Waals surface area contributed by atoms with Gasteiger partial charge < -0.3 is 0 Å². The fraction of sp³-hybridized carbons (Fsp3) is 0.455. The molecule has 0 fully saturated rings. The Bertz CT molecular complexity index is 510. The minimum atomic E-state index is -3.79. The van der Waals surface area contributed by atoms with E-state index < -0.39 is 15.8 Å². The van der Waals surface area contributed by atoms with Crippen molar-refractivity contribution in [3.05, 3.63) is 29.0 Å². The molecule has 0 amide bonds. The lowest BCUT2D eigenvalue weighted by Gasteiger charge is -2.16. The lowest BCUT2D eigenvalue weighted by molar-refractivity contribution is 0.531. The molecule has 0 bridgehead atoms. The van der Waals surface area contributed by atoms with E-state index in [1.54, 1.807) is 0 Å². The summed E-state index contributed by atoms with van der Waals surface area (Å²) in [6, 6.07) is 3.08. The van der Waals surface area contributed by atoms with Gasteiger partial charge in [-0.25, -0.2) is 17.5 Å². The van der Waals surface area contributed by atoms with Crippen LogP contribution >= 0.6 is 27.5 Å². The molecule has 0 saturated heterocycles. The summed E-state index contributed by atoms with van der Waals surface area (Å²) in [6.45, 7) is 1.88. The first-order chi connectivity index (χ1) is 8.40. The summed E-state index contributed by atoms with van der Waals surface area (Å²) in [6.07, 6.45) is 1.31. The highest BCUT2D eigenvalue weighted by molar-refractivity contribution is 9.09. The number of hydrogen-bond acceptors (Lipinski definition) is 2. The van der Waals surface area contributed by atoms with Crippen LogP contribution in [0.5, 0.6) is 0 Å². The Morgan fingerprint density at radius 3 is 2.72 bits per heavy atom. The normalized spacial score (nSPS) is 13.6. The maximum absolute atomic E-state index is 13.1. The van der Waals surface area contributed by atoms with Gasteiger partial charge in [-0.2, -0.15) is 0 Å². The molecular formula is C11H14BrClFNO2S. The van der Waals surface area contributed by atoms with Gasteiger partial charge in [-0.3, -0.25) is 0 Å². The maximum Gasteiger partial charge on any atom is 0.242 e. The Labute approximate surface area is 120 Å². The highest BCUT2D eigenvalue weighted by Crippen LogP contribution is 2.22. The van der Waals surface area contributed by atoms with E-state index in [0.29, 0.717) is 18.2 Å². The largest absolute Gasteiger partial charge is 0.242 e. The van der Waals surface area contributed by atoms with Crippen LogP contribution in [0.1, 0.15) is 19.8 Å². The van der Waals surface area contributed by atoms with Gasteiger partial charge in [0.15, 0.2) is 0 Å². The topological polar surface area (TPSA) is 46.2 Å². The van der Waals surface area contributed by atoms with Crippen molar-refractivity contribution in [2.45, 2.75) is 30.7 Å². The van der Waals surface area contributed by atoms with Crippen molar-refractivity contribution in [3.63, 3.8) is 0 Å². The maximum atomic E-state index is 13.1. The summed E-state index contributed by atoms with van der Waals surface area (Å²) < 4.78 is 39.7. The molecule has 3 nitrogen and oxygen atoms in total. The van der Waals surface area contributed by atoms with Crippen LogP contribution in [-0.2, 0) is 10.0 Å². The molecule has 1 unspecified atom stereocenters. The monoisotopic (exact) mass is 357 g/mol. The molecule has 0 aliphatic rings. The average molecular weight is 359 g/mol. The molecule has 1 aromatic carbocycles. The third kappa shape index (κ3) is 4.19. The van der Waals surface area contributed by atoms with Crippen molar-refractivity contribution in [1.29, 1.82) is 0 Å². The summed E-state index contributed by atoms with van der Waals surface area (Å²) in [7, 11) is -3.79. The summed E-state index contributed by atoms with van der Waals surface area (Å²) in [4.78, 5) is -0.225. The molecule has 0 heterocycles. The van der Waals surface area contributed by atoms with Crippen LogP contribution in [-0.4, -0.2) is 19.8 Å². The number of rotatable bonds is 6. The van der Waals surface area contributed by atoms with E-state index >= 15 is 0 Å².